The van der Waals surface area contributed by atoms with Gasteiger partial charge in [0, 0.05) is 10.6 Å². The van der Waals surface area contributed by atoms with E-state index < -0.39 is 5.91 Å². The molecule has 0 aliphatic heterocycles. The maximum Gasteiger partial charge on any atom is 0.259 e. The number of amides is 2. The first-order chi connectivity index (χ1) is 11.6. The summed E-state index contributed by atoms with van der Waals surface area (Å²) in [6.07, 6.45) is 1.47. The molecule has 2 amide bonds. The Kier molecular flexibility index (Phi) is 6.33. The lowest BCUT2D eigenvalue weighted by Gasteiger charge is -2.05. The Balaban J connectivity index is 1.78. The molecule has 0 saturated carbocycles. The number of carbonyl (C=O) groups excluding carboxylic acids is 2. The predicted octanol–water partition coefficient (Wildman–Crippen LogP) is 2.23. The summed E-state index contributed by atoms with van der Waals surface area (Å²) >= 11 is 5.84. The van der Waals surface area contributed by atoms with E-state index in [1.54, 1.807) is 55.6 Å². The number of nitrogens with one attached hydrogen (secondary N) is 2. The van der Waals surface area contributed by atoms with Gasteiger partial charge in [-0.1, -0.05) is 23.7 Å². The summed E-state index contributed by atoms with van der Waals surface area (Å²) in [5.41, 5.74) is 3.52. The summed E-state index contributed by atoms with van der Waals surface area (Å²) < 4.78 is 5.02. The lowest BCUT2D eigenvalue weighted by molar-refractivity contribution is -0.120. The van der Waals surface area contributed by atoms with Gasteiger partial charge in [-0.25, -0.2) is 5.43 Å². The Labute approximate surface area is 144 Å². The molecule has 6 nitrogen and oxygen atoms in total. The molecule has 0 fully saturated rings. The molecule has 24 heavy (non-hydrogen) atoms. The standard InChI is InChI=1S/C17H16ClN3O3/c1-24-15-7-5-13(6-8-15)17(23)19-11-16(22)21-20-10-12-3-2-4-14(18)9-12/h2-10H,11H2,1H3,(H,19,23)(H,21,22)/b20-10+. The average molecular weight is 346 g/mol. The fourth-order valence-electron chi connectivity index (χ4n) is 1.81. The molecule has 2 aromatic carbocycles. The third kappa shape index (κ3) is 5.40. The maximum atomic E-state index is 11.9. The summed E-state index contributed by atoms with van der Waals surface area (Å²) in [4.78, 5) is 23.5. The Bertz CT molecular complexity index is 745. The smallest absolute Gasteiger partial charge is 0.259 e. The molecule has 0 atom stereocenters. The van der Waals surface area contributed by atoms with E-state index in [0.29, 0.717) is 16.3 Å². The highest BCUT2D eigenvalue weighted by atomic mass is 35.5. The van der Waals surface area contributed by atoms with Gasteiger partial charge in [0.2, 0.25) is 0 Å². The van der Waals surface area contributed by atoms with Crippen LogP contribution in [0.2, 0.25) is 5.02 Å². The van der Waals surface area contributed by atoms with Crippen molar-refractivity contribution in [2.45, 2.75) is 0 Å². The average Bonchev–Trinajstić information content (AvgIpc) is 2.60. The number of ether oxygens (including phenoxy) is 1. The van der Waals surface area contributed by atoms with Gasteiger partial charge < -0.3 is 10.1 Å². The highest BCUT2D eigenvalue weighted by Crippen LogP contribution is 2.11. The molecular formula is C17H16ClN3O3. The van der Waals surface area contributed by atoms with E-state index in [9.17, 15) is 9.59 Å². The van der Waals surface area contributed by atoms with Crippen molar-refractivity contribution in [3.05, 3.63) is 64.7 Å². The largest absolute Gasteiger partial charge is 0.497 e. The molecule has 0 unspecified atom stereocenters. The van der Waals surface area contributed by atoms with Crippen LogP contribution in [-0.4, -0.2) is 31.7 Å². The number of hydrogen-bond acceptors (Lipinski definition) is 4. The summed E-state index contributed by atoms with van der Waals surface area (Å²) in [6, 6.07) is 13.6. The quantitative estimate of drug-likeness (QED) is 0.622. The first kappa shape index (κ1) is 17.5. The zero-order valence-corrected chi connectivity index (χ0v) is 13.7. The van der Waals surface area contributed by atoms with Crippen LogP contribution in [-0.2, 0) is 4.79 Å². The van der Waals surface area contributed by atoms with Crippen molar-refractivity contribution in [2.24, 2.45) is 5.10 Å². The van der Waals surface area contributed by atoms with Gasteiger partial charge in [0.1, 0.15) is 5.75 Å². The Morgan fingerprint density at radius 2 is 1.96 bits per heavy atom. The van der Waals surface area contributed by atoms with Gasteiger partial charge in [-0.3, -0.25) is 9.59 Å². The van der Waals surface area contributed by atoms with Crippen molar-refractivity contribution in [3.63, 3.8) is 0 Å². The Morgan fingerprint density at radius 3 is 2.62 bits per heavy atom. The number of methoxy groups -OCH3 is 1. The van der Waals surface area contributed by atoms with Crippen LogP contribution in [0.3, 0.4) is 0 Å². The van der Waals surface area contributed by atoms with Crippen LogP contribution in [0.4, 0.5) is 0 Å². The zero-order chi connectivity index (χ0) is 17.4. The van der Waals surface area contributed by atoms with Gasteiger partial charge >= 0.3 is 0 Å². The number of halogens is 1. The molecule has 0 bridgehead atoms. The van der Waals surface area contributed by atoms with Gasteiger partial charge in [-0.15, -0.1) is 0 Å². The van der Waals surface area contributed by atoms with Crippen molar-refractivity contribution < 1.29 is 14.3 Å². The second-order valence-corrected chi connectivity index (χ2v) is 5.20. The van der Waals surface area contributed by atoms with E-state index in [1.807, 2.05) is 0 Å². The third-order valence-corrected chi connectivity index (χ3v) is 3.25. The van der Waals surface area contributed by atoms with Gasteiger partial charge in [0.25, 0.3) is 11.8 Å². The van der Waals surface area contributed by atoms with Crippen LogP contribution in [0.15, 0.2) is 53.6 Å². The molecule has 7 heteroatoms. The number of benzene rings is 2. The summed E-state index contributed by atoms with van der Waals surface area (Å²) in [5, 5.41) is 6.89. The van der Waals surface area contributed by atoms with E-state index in [-0.39, 0.29) is 12.5 Å². The van der Waals surface area contributed by atoms with Crippen molar-refractivity contribution >= 4 is 29.6 Å². The van der Waals surface area contributed by atoms with Crippen LogP contribution >= 0.6 is 11.6 Å². The summed E-state index contributed by atoms with van der Waals surface area (Å²) in [7, 11) is 1.54. The number of hydrazone groups is 1. The normalized spacial score (nSPS) is 10.4. The van der Waals surface area contributed by atoms with Gasteiger partial charge in [-0.05, 0) is 42.0 Å². The minimum Gasteiger partial charge on any atom is -0.497 e. The number of rotatable bonds is 6. The monoisotopic (exact) mass is 345 g/mol. The lowest BCUT2D eigenvalue weighted by Crippen LogP contribution is -2.34. The van der Waals surface area contributed by atoms with Gasteiger partial charge in [0.05, 0.1) is 19.9 Å². The second kappa shape index (κ2) is 8.69. The minimum absolute atomic E-state index is 0.183. The molecule has 0 aliphatic rings. The van der Waals surface area contributed by atoms with Gasteiger partial charge in [-0.2, -0.15) is 5.10 Å². The van der Waals surface area contributed by atoms with Crippen molar-refractivity contribution in [3.8, 4) is 5.75 Å². The van der Waals surface area contributed by atoms with Gasteiger partial charge in [0.15, 0.2) is 0 Å². The number of hydrogen-bond donors (Lipinski definition) is 2. The van der Waals surface area contributed by atoms with Crippen LogP contribution in [0.5, 0.6) is 5.75 Å². The van der Waals surface area contributed by atoms with E-state index in [2.05, 4.69) is 15.8 Å². The Hall–Kier alpha value is -2.86. The van der Waals surface area contributed by atoms with Crippen molar-refractivity contribution in [1.82, 2.24) is 10.7 Å². The lowest BCUT2D eigenvalue weighted by atomic mass is 10.2. The molecular weight excluding hydrogens is 330 g/mol. The van der Waals surface area contributed by atoms with Crippen LogP contribution in [0.1, 0.15) is 15.9 Å². The molecule has 2 aromatic rings. The number of nitrogens with zero attached hydrogens (tertiary/aromatic N) is 1. The minimum atomic E-state index is -0.435. The van der Waals surface area contributed by atoms with Crippen molar-refractivity contribution in [1.29, 1.82) is 0 Å². The van der Waals surface area contributed by atoms with Crippen LogP contribution in [0.25, 0.3) is 0 Å². The highest BCUT2D eigenvalue weighted by molar-refractivity contribution is 6.30. The SMILES string of the molecule is COc1ccc(C(=O)NCC(=O)N/N=C/c2cccc(Cl)c2)cc1. The third-order valence-electron chi connectivity index (χ3n) is 3.01. The Morgan fingerprint density at radius 1 is 1.21 bits per heavy atom. The van der Waals surface area contributed by atoms with E-state index in [4.69, 9.17) is 16.3 Å². The zero-order valence-electron chi connectivity index (χ0n) is 13.0. The predicted molar refractivity (Wildman–Crippen MR) is 92.5 cm³/mol. The molecule has 2 rings (SSSR count). The second-order valence-electron chi connectivity index (χ2n) is 4.76. The van der Waals surface area contributed by atoms with E-state index in [0.717, 1.165) is 5.56 Å². The molecule has 0 heterocycles. The maximum absolute atomic E-state index is 11.9. The van der Waals surface area contributed by atoms with Crippen molar-refractivity contribution in [2.75, 3.05) is 13.7 Å². The fraction of sp³-hybridized carbons (Fsp3) is 0.118. The molecule has 0 spiro atoms. The van der Waals surface area contributed by atoms with Crippen LogP contribution < -0.4 is 15.5 Å². The topological polar surface area (TPSA) is 79.8 Å². The fourth-order valence-corrected chi connectivity index (χ4v) is 2.01. The molecule has 124 valence electrons. The van der Waals surface area contributed by atoms with Crippen LogP contribution in [0, 0.1) is 0 Å². The highest BCUT2D eigenvalue weighted by Gasteiger charge is 2.07. The van der Waals surface area contributed by atoms with E-state index >= 15 is 0 Å². The van der Waals surface area contributed by atoms with E-state index in [1.165, 1.54) is 6.21 Å². The molecule has 0 radical (unpaired) electrons. The summed E-state index contributed by atoms with van der Waals surface area (Å²) in [6.45, 7) is -0.183. The molecule has 0 saturated heterocycles. The summed E-state index contributed by atoms with van der Waals surface area (Å²) in [5.74, 6) is -0.138. The molecule has 2 N–H and O–H groups in total. The number of carbonyl (C=O) groups is 2. The molecule has 0 aliphatic carbocycles. The first-order valence-electron chi connectivity index (χ1n) is 7.08. The first-order valence-corrected chi connectivity index (χ1v) is 7.46. The molecule has 0 aromatic heterocycles.